The number of hydrogen-bond donors (Lipinski definition) is 2. The standard InChI is InChI=1S/C15H30N2O2/c1-12(17(2)13-7-8-13)9-16-10-14(18)11-19-15-5-3-4-6-15/h12-16,18H,3-11H2,1-2H3. The molecular weight excluding hydrogens is 240 g/mol. The predicted molar refractivity (Wildman–Crippen MR) is 77.3 cm³/mol. The van der Waals surface area contributed by atoms with Crippen LogP contribution < -0.4 is 5.32 Å². The summed E-state index contributed by atoms with van der Waals surface area (Å²) in [5.74, 6) is 0. The van der Waals surface area contributed by atoms with Crippen molar-refractivity contribution in [1.82, 2.24) is 10.2 Å². The van der Waals surface area contributed by atoms with E-state index in [1.807, 2.05) is 0 Å². The van der Waals surface area contributed by atoms with Gasteiger partial charge in [-0.25, -0.2) is 0 Å². The molecule has 0 bridgehead atoms. The van der Waals surface area contributed by atoms with Gasteiger partial charge in [-0.15, -0.1) is 0 Å². The van der Waals surface area contributed by atoms with Crippen LogP contribution in [-0.4, -0.2) is 61.0 Å². The van der Waals surface area contributed by atoms with E-state index in [0.717, 1.165) is 12.6 Å². The monoisotopic (exact) mass is 270 g/mol. The van der Waals surface area contributed by atoms with Crippen LogP contribution in [0.1, 0.15) is 45.4 Å². The third-order valence-electron chi connectivity index (χ3n) is 4.46. The first-order valence-corrected chi connectivity index (χ1v) is 7.89. The van der Waals surface area contributed by atoms with Crippen LogP contribution in [0.4, 0.5) is 0 Å². The van der Waals surface area contributed by atoms with Crippen molar-refractivity contribution >= 4 is 0 Å². The number of aliphatic hydroxyl groups is 1. The molecule has 0 spiro atoms. The molecule has 2 unspecified atom stereocenters. The Kier molecular flexibility index (Phi) is 6.07. The molecule has 2 N–H and O–H groups in total. The number of ether oxygens (including phenoxy) is 1. The van der Waals surface area contributed by atoms with Crippen LogP contribution in [0.2, 0.25) is 0 Å². The molecule has 0 aromatic carbocycles. The molecule has 0 aromatic rings. The highest BCUT2D eigenvalue weighted by Crippen LogP contribution is 2.26. The lowest BCUT2D eigenvalue weighted by Gasteiger charge is -2.25. The Balaban J connectivity index is 1.49. The topological polar surface area (TPSA) is 44.7 Å². The molecule has 0 heterocycles. The van der Waals surface area contributed by atoms with Crippen molar-refractivity contribution in [3.05, 3.63) is 0 Å². The lowest BCUT2D eigenvalue weighted by atomic mass is 10.2. The number of nitrogens with one attached hydrogen (secondary N) is 1. The minimum absolute atomic E-state index is 0.376. The summed E-state index contributed by atoms with van der Waals surface area (Å²) in [6.07, 6.45) is 7.62. The molecule has 19 heavy (non-hydrogen) atoms. The smallest absolute Gasteiger partial charge is 0.0897 e. The zero-order chi connectivity index (χ0) is 13.7. The Morgan fingerprint density at radius 3 is 2.53 bits per heavy atom. The van der Waals surface area contributed by atoms with E-state index in [9.17, 15) is 5.11 Å². The predicted octanol–water partition coefficient (Wildman–Crippen LogP) is 1.38. The van der Waals surface area contributed by atoms with E-state index in [1.165, 1.54) is 38.5 Å². The SMILES string of the molecule is CC(CNCC(O)COC1CCCC1)N(C)C1CC1. The first kappa shape index (κ1) is 15.2. The molecule has 0 saturated heterocycles. The van der Waals surface area contributed by atoms with Gasteiger partial charge in [0.15, 0.2) is 0 Å². The Morgan fingerprint density at radius 1 is 1.21 bits per heavy atom. The molecule has 2 fully saturated rings. The summed E-state index contributed by atoms with van der Waals surface area (Å²) in [6, 6.07) is 1.34. The highest BCUT2D eigenvalue weighted by molar-refractivity contribution is 4.85. The molecule has 2 atom stereocenters. The average molecular weight is 270 g/mol. The Labute approximate surface area is 117 Å². The molecule has 0 amide bonds. The third kappa shape index (κ3) is 5.38. The van der Waals surface area contributed by atoms with E-state index >= 15 is 0 Å². The summed E-state index contributed by atoms with van der Waals surface area (Å²) >= 11 is 0. The van der Waals surface area contributed by atoms with Gasteiger partial charge in [0.2, 0.25) is 0 Å². The number of likely N-dealkylation sites (N-methyl/N-ethyl adjacent to an activating group) is 1. The van der Waals surface area contributed by atoms with Crippen molar-refractivity contribution in [3.63, 3.8) is 0 Å². The Bertz CT molecular complexity index is 253. The highest BCUT2D eigenvalue weighted by Gasteiger charge is 2.28. The fourth-order valence-electron chi connectivity index (χ4n) is 2.81. The summed E-state index contributed by atoms with van der Waals surface area (Å²) in [5.41, 5.74) is 0. The summed E-state index contributed by atoms with van der Waals surface area (Å²) in [6.45, 7) is 4.29. The minimum atomic E-state index is -0.376. The fraction of sp³-hybridized carbons (Fsp3) is 1.00. The summed E-state index contributed by atoms with van der Waals surface area (Å²) in [7, 11) is 2.20. The van der Waals surface area contributed by atoms with E-state index in [-0.39, 0.29) is 6.10 Å². The Morgan fingerprint density at radius 2 is 1.89 bits per heavy atom. The maximum Gasteiger partial charge on any atom is 0.0897 e. The summed E-state index contributed by atoms with van der Waals surface area (Å²) in [4.78, 5) is 2.44. The number of aliphatic hydroxyl groups excluding tert-OH is 1. The second-order valence-electron chi connectivity index (χ2n) is 6.30. The molecule has 0 radical (unpaired) electrons. The van der Waals surface area contributed by atoms with Crippen molar-refractivity contribution in [3.8, 4) is 0 Å². The van der Waals surface area contributed by atoms with E-state index in [2.05, 4.69) is 24.2 Å². The van der Waals surface area contributed by atoms with Crippen molar-refractivity contribution in [2.75, 3.05) is 26.7 Å². The van der Waals surface area contributed by atoms with Crippen LogP contribution in [0.5, 0.6) is 0 Å². The van der Waals surface area contributed by atoms with Gasteiger partial charge in [-0.2, -0.15) is 0 Å². The number of hydrogen-bond acceptors (Lipinski definition) is 4. The van der Waals surface area contributed by atoms with Gasteiger partial charge in [0.25, 0.3) is 0 Å². The van der Waals surface area contributed by atoms with Crippen LogP contribution in [0, 0.1) is 0 Å². The first-order valence-electron chi connectivity index (χ1n) is 7.89. The summed E-state index contributed by atoms with van der Waals surface area (Å²) < 4.78 is 5.72. The number of nitrogens with zero attached hydrogens (tertiary/aromatic N) is 1. The van der Waals surface area contributed by atoms with Crippen molar-refractivity contribution in [1.29, 1.82) is 0 Å². The maximum atomic E-state index is 9.88. The van der Waals surface area contributed by atoms with Gasteiger partial charge in [0.1, 0.15) is 0 Å². The molecule has 2 rings (SSSR count). The molecule has 0 aromatic heterocycles. The van der Waals surface area contributed by atoms with E-state index < -0.39 is 0 Å². The van der Waals surface area contributed by atoms with E-state index in [4.69, 9.17) is 4.74 Å². The fourth-order valence-corrected chi connectivity index (χ4v) is 2.81. The minimum Gasteiger partial charge on any atom is -0.389 e. The molecular formula is C15H30N2O2. The van der Waals surface area contributed by atoms with Gasteiger partial charge in [-0.3, -0.25) is 4.90 Å². The highest BCUT2D eigenvalue weighted by atomic mass is 16.5. The molecule has 0 aliphatic heterocycles. The van der Waals surface area contributed by atoms with Gasteiger partial charge in [0.05, 0.1) is 18.8 Å². The van der Waals surface area contributed by atoms with Crippen molar-refractivity contribution < 1.29 is 9.84 Å². The molecule has 4 heteroatoms. The largest absolute Gasteiger partial charge is 0.389 e. The van der Waals surface area contributed by atoms with E-state index in [0.29, 0.717) is 25.3 Å². The van der Waals surface area contributed by atoms with Crippen LogP contribution in [0.3, 0.4) is 0 Å². The first-order chi connectivity index (χ1) is 9.16. The molecule has 112 valence electrons. The molecule has 2 aliphatic carbocycles. The zero-order valence-electron chi connectivity index (χ0n) is 12.5. The maximum absolute atomic E-state index is 9.88. The third-order valence-corrected chi connectivity index (χ3v) is 4.46. The van der Waals surface area contributed by atoms with Crippen molar-refractivity contribution in [2.24, 2.45) is 0 Å². The van der Waals surface area contributed by atoms with Gasteiger partial charge < -0.3 is 15.2 Å². The van der Waals surface area contributed by atoms with E-state index in [1.54, 1.807) is 0 Å². The van der Waals surface area contributed by atoms with Gasteiger partial charge in [0, 0.05) is 25.2 Å². The van der Waals surface area contributed by atoms with Crippen LogP contribution in [0.25, 0.3) is 0 Å². The molecule has 2 aliphatic rings. The normalized spacial score (nSPS) is 24.0. The summed E-state index contributed by atoms with van der Waals surface area (Å²) in [5, 5.41) is 13.2. The lowest BCUT2D eigenvalue weighted by molar-refractivity contribution is -0.00575. The zero-order valence-corrected chi connectivity index (χ0v) is 12.5. The Hall–Kier alpha value is -0.160. The van der Waals surface area contributed by atoms with Gasteiger partial charge in [-0.1, -0.05) is 12.8 Å². The second kappa shape index (κ2) is 7.58. The quantitative estimate of drug-likeness (QED) is 0.664. The molecule has 4 nitrogen and oxygen atoms in total. The average Bonchev–Trinajstić information content (AvgIpc) is 3.12. The van der Waals surface area contributed by atoms with Crippen LogP contribution in [0.15, 0.2) is 0 Å². The lowest BCUT2D eigenvalue weighted by Crippen LogP contribution is -2.42. The second-order valence-corrected chi connectivity index (χ2v) is 6.30. The van der Waals surface area contributed by atoms with Gasteiger partial charge >= 0.3 is 0 Å². The number of rotatable bonds is 9. The van der Waals surface area contributed by atoms with Crippen LogP contribution in [-0.2, 0) is 4.74 Å². The van der Waals surface area contributed by atoms with Gasteiger partial charge in [-0.05, 0) is 39.7 Å². The van der Waals surface area contributed by atoms with Crippen molar-refractivity contribution in [2.45, 2.75) is 69.7 Å². The van der Waals surface area contributed by atoms with Crippen LogP contribution >= 0.6 is 0 Å². The molecule has 2 saturated carbocycles.